The first-order valence-corrected chi connectivity index (χ1v) is 9.10. The first-order valence-electron chi connectivity index (χ1n) is 6.13. The molecule has 17 heavy (non-hydrogen) atoms. The van der Waals surface area contributed by atoms with E-state index >= 15 is 0 Å². The van der Waals surface area contributed by atoms with Crippen LogP contribution in [0.2, 0.25) is 0 Å². The van der Waals surface area contributed by atoms with Gasteiger partial charge < -0.3 is 5.32 Å². The zero-order valence-electron chi connectivity index (χ0n) is 10.4. The van der Waals surface area contributed by atoms with Gasteiger partial charge in [0.15, 0.2) is 0 Å². The molecule has 96 valence electrons. The van der Waals surface area contributed by atoms with Crippen molar-refractivity contribution in [2.75, 3.05) is 18.6 Å². The van der Waals surface area contributed by atoms with Crippen molar-refractivity contribution in [2.45, 2.75) is 36.3 Å². The van der Waals surface area contributed by atoms with Crippen LogP contribution < -0.4 is 5.32 Å². The van der Waals surface area contributed by atoms with Crippen molar-refractivity contribution in [3.05, 3.63) is 16.6 Å². The second-order valence-electron chi connectivity index (χ2n) is 4.22. The Balaban J connectivity index is 2.00. The average Bonchev–Trinajstić information content (AvgIpc) is 2.89. The molecule has 3 unspecified atom stereocenters. The molecule has 3 atom stereocenters. The summed E-state index contributed by atoms with van der Waals surface area (Å²) < 4.78 is 0. The predicted molar refractivity (Wildman–Crippen MR) is 81.4 cm³/mol. The SMILES string of the molecule is CCC1SCCSC1C(Cc1cncs1)NC. The van der Waals surface area contributed by atoms with Crippen LogP contribution in [0.5, 0.6) is 0 Å². The minimum absolute atomic E-state index is 0.582. The summed E-state index contributed by atoms with van der Waals surface area (Å²) in [6.45, 7) is 2.32. The molecule has 2 nitrogen and oxygen atoms in total. The topological polar surface area (TPSA) is 24.9 Å². The molecule has 5 heteroatoms. The number of hydrogen-bond donors (Lipinski definition) is 1. The van der Waals surface area contributed by atoms with Crippen LogP contribution >= 0.6 is 34.9 Å². The Bertz CT molecular complexity index is 316. The van der Waals surface area contributed by atoms with E-state index in [9.17, 15) is 0 Å². The fraction of sp³-hybridized carbons (Fsp3) is 0.750. The molecule has 1 fully saturated rings. The van der Waals surface area contributed by atoms with Gasteiger partial charge in [-0.25, -0.2) is 0 Å². The Morgan fingerprint density at radius 3 is 2.94 bits per heavy atom. The lowest BCUT2D eigenvalue weighted by Gasteiger charge is -2.35. The first-order chi connectivity index (χ1) is 8.35. The molecule has 1 aliphatic rings. The first kappa shape index (κ1) is 13.7. The van der Waals surface area contributed by atoms with Gasteiger partial charge in [0.05, 0.1) is 5.51 Å². The molecule has 2 rings (SSSR count). The predicted octanol–water partition coefficient (Wildman–Crippen LogP) is 2.90. The lowest BCUT2D eigenvalue weighted by molar-refractivity contribution is 0.520. The van der Waals surface area contributed by atoms with Crippen molar-refractivity contribution in [2.24, 2.45) is 0 Å². The highest BCUT2D eigenvalue weighted by molar-refractivity contribution is 8.07. The zero-order chi connectivity index (χ0) is 12.1. The standard InChI is InChI=1S/C12H20N2S3/c1-3-11-12(16-5-4-15-11)10(13-2)6-9-7-14-8-17-9/h7-8,10-13H,3-6H2,1-2H3. The number of hydrogen-bond acceptors (Lipinski definition) is 5. The van der Waals surface area contributed by atoms with Crippen LogP contribution in [0.15, 0.2) is 11.7 Å². The molecule has 0 saturated carbocycles. The van der Waals surface area contributed by atoms with Gasteiger partial charge in [-0.15, -0.1) is 11.3 Å². The average molecular weight is 289 g/mol. The quantitative estimate of drug-likeness (QED) is 0.900. The van der Waals surface area contributed by atoms with Crippen molar-refractivity contribution in [3.63, 3.8) is 0 Å². The highest BCUT2D eigenvalue weighted by atomic mass is 32.2. The molecule has 0 radical (unpaired) electrons. The van der Waals surface area contributed by atoms with E-state index in [-0.39, 0.29) is 0 Å². The maximum Gasteiger partial charge on any atom is 0.0794 e. The highest BCUT2D eigenvalue weighted by Crippen LogP contribution is 2.36. The fourth-order valence-electron chi connectivity index (χ4n) is 2.25. The molecular weight excluding hydrogens is 268 g/mol. The molecule has 1 saturated heterocycles. The molecule has 0 aromatic carbocycles. The smallest absolute Gasteiger partial charge is 0.0794 e. The van der Waals surface area contributed by atoms with Gasteiger partial charge in [-0.3, -0.25) is 4.98 Å². The number of thioether (sulfide) groups is 2. The molecule has 0 aliphatic carbocycles. The summed E-state index contributed by atoms with van der Waals surface area (Å²) >= 11 is 6.08. The van der Waals surface area contributed by atoms with Gasteiger partial charge in [0.25, 0.3) is 0 Å². The van der Waals surface area contributed by atoms with E-state index in [2.05, 4.69) is 47.8 Å². The molecule has 1 aromatic rings. The Kier molecular flexibility index (Phi) is 5.66. The van der Waals surface area contributed by atoms with Crippen LogP contribution in [0.1, 0.15) is 18.2 Å². The fourth-order valence-corrected chi connectivity index (χ4v) is 6.21. The van der Waals surface area contributed by atoms with Crippen molar-refractivity contribution >= 4 is 34.9 Å². The minimum atomic E-state index is 0.582. The molecule has 0 amide bonds. The number of likely N-dealkylation sites (N-methyl/N-ethyl adjacent to an activating group) is 1. The van der Waals surface area contributed by atoms with E-state index in [0.717, 1.165) is 16.9 Å². The second kappa shape index (κ2) is 7.02. The van der Waals surface area contributed by atoms with Crippen molar-refractivity contribution in [1.29, 1.82) is 0 Å². The maximum atomic E-state index is 4.17. The van der Waals surface area contributed by atoms with Gasteiger partial charge in [0, 0.05) is 39.1 Å². The molecule has 0 spiro atoms. The summed E-state index contributed by atoms with van der Waals surface area (Å²) in [5, 5.41) is 5.07. The van der Waals surface area contributed by atoms with Crippen LogP contribution in [-0.2, 0) is 6.42 Å². The van der Waals surface area contributed by atoms with Gasteiger partial charge in [-0.1, -0.05) is 6.92 Å². The number of nitrogens with one attached hydrogen (secondary N) is 1. The molecule has 0 bridgehead atoms. The van der Waals surface area contributed by atoms with E-state index in [1.165, 1.54) is 22.8 Å². The third-order valence-corrected chi connectivity index (χ3v) is 7.38. The van der Waals surface area contributed by atoms with E-state index in [0.29, 0.717) is 6.04 Å². The molecule has 1 N–H and O–H groups in total. The second-order valence-corrected chi connectivity index (χ2v) is 7.82. The molecule has 1 aliphatic heterocycles. The van der Waals surface area contributed by atoms with Crippen LogP contribution in [-0.4, -0.2) is 40.1 Å². The number of nitrogens with zero attached hydrogens (tertiary/aromatic N) is 1. The molecule has 1 aromatic heterocycles. The Morgan fingerprint density at radius 2 is 2.29 bits per heavy atom. The van der Waals surface area contributed by atoms with E-state index in [1.807, 2.05) is 11.7 Å². The Labute approximate surface area is 116 Å². The monoisotopic (exact) mass is 288 g/mol. The largest absolute Gasteiger partial charge is 0.315 e. The van der Waals surface area contributed by atoms with Crippen LogP contribution in [0.4, 0.5) is 0 Å². The van der Waals surface area contributed by atoms with E-state index in [4.69, 9.17) is 0 Å². The summed E-state index contributed by atoms with van der Waals surface area (Å²) in [6, 6.07) is 0.582. The van der Waals surface area contributed by atoms with Gasteiger partial charge >= 0.3 is 0 Å². The van der Waals surface area contributed by atoms with Crippen LogP contribution in [0.3, 0.4) is 0 Å². The number of aromatic nitrogens is 1. The zero-order valence-corrected chi connectivity index (χ0v) is 12.8. The summed E-state index contributed by atoms with van der Waals surface area (Å²) in [6.07, 6.45) is 4.41. The van der Waals surface area contributed by atoms with Crippen molar-refractivity contribution in [3.8, 4) is 0 Å². The van der Waals surface area contributed by atoms with Gasteiger partial charge in [-0.2, -0.15) is 23.5 Å². The van der Waals surface area contributed by atoms with Crippen LogP contribution in [0, 0.1) is 0 Å². The summed E-state index contributed by atoms with van der Waals surface area (Å²) in [4.78, 5) is 5.57. The van der Waals surface area contributed by atoms with Gasteiger partial charge in [0.2, 0.25) is 0 Å². The third-order valence-electron chi connectivity index (χ3n) is 3.17. The number of thiazole rings is 1. The van der Waals surface area contributed by atoms with E-state index in [1.54, 1.807) is 11.3 Å². The Morgan fingerprint density at radius 1 is 1.47 bits per heavy atom. The summed E-state index contributed by atoms with van der Waals surface area (Å²) in [7, 11) is 2.10. The van der Waals surface area contributed by atoms with Crippen LogP contribution in [0.25, 0.3) is 0 Å². The maximum absolute atomic E-state index is 4.17. The van der Waals surface area contributed by atoms with Gasteiger partial charge in [0.1, 0.15) is 0 Å². The van der Waals surface area contributed by atoms with Crippen molar-refractivity contribution in [1.82, 2.24) is 10.3 Å². The lowest BCUT2D eigenvalue weighted by Crippen LogP contribution is -2.44. The lowest BCUT2D eigenvalue weighted by atomic mass is 10.1. The van der Waals surface area contributed by atoms with Gasteiger partial charge in [-0.05, 0) is 19.9 Å². The number of rotatable bonds is 5. The van der Waals surface area contributed by atoms with Crippen molar-refractivity contribution < 1.29 is 0 Å². The molecular formula is C12H20N2S3. The minimum Gasteiger partial charge on any atom is -0.315 e. The third kappa shape index (κ3) is 3.63. The highest BCUT2D eigenvalue weighted by Gasteiger charge is 2.31. The van der Waals surface area contributed by atoms with E-state index < -0.39 is 0 Å². The Hall–Kier alpha value is 0.290. The summed E-state index contributed by atoms with van der Waals surface area (Å²) in [5.74, 6) is 2.61. The normalized spacial score (nSPS) is 26.9. The summed E-state index contributed by atoms with van der Waals surface area (Å²) in [5.41, 5.74) is 1.93. The molecule has 2 heterocycles.